The molecule has 0 spiro atoms. The van der Waals surface area contributed by atoms with Gasteiger partial charge in [0.25, 0.3) is 0 Å². The first-order valence-corrected chi connectivity index (χ1v) is 5.97. The molecule has 2 heteroatoms. The highest BCUT2D eigenvalue weighted by Gasteiger charge is 1.97. The second-order valence-electron chi connectivity index (χ2n) is 3.83. The molecular weight excluding hydrogens is 224 g/mol. The van der Waals surface area contributed by atoms with Crippen LogP contribution >= 0.6 is 0 Å². The molecule has 0 aliphatic heterocycles. The number of hydrogen-bond acceptors (Lipinski definition) is 2. The van der Waals surface area contributed by atoms with Crippen molar-refractivity contribution in [2.24, 2.45) is 0 Å². The van der Waals surface area contributed by atoms with Crippen molar-refractivity contribution in [3.05, 3.63) is 35.4 Å². The molecule has 0 saturated carbocycles. The molecule has 0 unspecified atom stereocenters. The van der Waals surface area contributed by atoms with Crippen molar-refractivity contribution >= 4 is 0 Å². The van der Waals surface area contributed by atoms with Crippen LogP contribution in [0.25, 0.3) is 0 Å². The fourth-order valence-corrected chi connectivity index (χ4v) is 1.45. The molecule has 0 heterocycles. The second-order valence-corrected chi connectivity index (χ2v) is 3.83. The predicted octanol–water partition coefficient (Wildman–Crippen LogP) is 2.77. The van der Waals surface area contributed by atoms with E-state index in [9.17, 15) is 0 Å². The van der Waals surface area contributed by atoms with Gasteiger partial charge < -0.3 is 9.47 Å². The molecule has 18 heavy (non-hydrogen) atoms. The quantitative estimate of drug-likeness (QED) is 0.515. The van der Waals surface area contributed by atoms with Crippen molar-refractivity contribution in [2.75, 3.05) is 13.2 Å². The summed E-state index contributed by atoms with van der Waals surface area (Å²) < 4.78 is 10.9. The lowest BCUT2D eigenvalue weighted by Crippen LogP contribution is -1.98. The Labute approximate surface area is 109 Å². The summed E-state index contributed by atoms with van der Waals surface area (Å²) in [5.74, 6) is 5.09. The van der Waals surface area contributed by atoms with Gasteiger partial charge in [-0.05, 0) is 11.1 Å². The molecule has 0 aliphatic rings. The second kappa shape index (κ2) is 9.31. The highest BCUT2D eigenvalue weighted by Crippen LogP contribution is 2.08. The smallest absolute Gasteiger partial charge is 0.0717 e. The fraction of sp³-hybridized carbons (Fsp3) is 0.375. The molecule has 0 aromatic heterocycles. The Morgan fingerprint density at radius 1 is 0.889 bits per heavy atom. The zero-order valence-electron chi connectivity index (χ0n) is 10.5. The van der Waals surface area contributed by atoms with E-state index >= 15 is 0 Å². The van der Waals surface area contributed by atoms with Gasteiger partial charge in [0.1, 0.15) is 0 Å². The highest BCUT2D eigenvalue weighted by atomic mass is 16.5. The molecule has 0 atom stereocenters. The Morgan fingerprint density at radius 2 is 1.39 bits per heavy atom. The lowest BCUT2D eigenvalue weighted by molar-refractivity contribution is 0.122. The Kier molecular flexibility index (Phi) is 7.40. The predicted molar refractivity (Wildman–Crippen MR) is 72.7 cm³/mol. The average molecular weight is 242 g/mol. The number of terminal acetylenes is 2. The van der Waals surface area contributed by atoms with E-state index in [0.29, 0.717) is 39.3 Å². The van der Waals surface area contributed by atoms with Crippen LogP contribution in [-0.4, -0.2) is 13.2 Å². The summed E-state index contributed by atoms with van der Waals surface area (Å²) in [7, 11) is 0. The van der Waals surface area contributed by atoms with E-state index in [4.69, 9.17) is 22.3 Å². The lowest BCUT2D eigenvalue weighted by atomic mass is 10.1. The summed E-state index contributed by atoms with van der Waals surface area (Å²) in [5.41, 5.74) is 2.26. The molecule has 0 amide bonds. The van der Waals surface area contributed by atoms with Gasteiger partial charge in [-0.15, -0.1) is 24.7 Å². The topological polar surface area (TPSA) is 18.5 Å². The molecule has 94 valence electrons. The number of hydrogen-bond donors (Lipinski definition) is 0. The van der Waals surface area contributed by atoms with Crippen LogP contribution in [0.3, 0.4) is 0 Å². The zero-order chi connectivity index (χ0) is 13.1. The van der Waals surface area contributed by atoms with Gasteiger partial charge >= 0.3 is 0 Å². The summed E-state index contributed by atoms with van der Waals surface area (Å²) in [5, 5.41) is 0. The molecule has 0 aliphatic carbocycles. The number of ether oxygens (including phenoxy) is 2. The number of benzene rings is 1. The van der Waals surface area contributed by atoms with Crippen molar-refractivity contribution in [1.29, 1.82) is 0 Å². The minimum absolute atomic E-state index is 0.583. The molecule has 1 aromatic carbocycles. The summed E-state index contributed by atoms with van der Waals surface area (Å²) in [6, 6.07) is 8.13. The molecule has 0 bridgehead atoms. The Bertz CT molecular complexity index is 386. The van der Waals surface area contributed by atoms with E-state index in [1.807, 2.05) is 18.2 Å². The minimum atomic E-state index is 0.583. The van der Waals surface area contributed by atoms with Crippen LogP contribution in [0, 0.1) is 24.7 Å². The van der Waals surface area contributed by atoms with Crippen molar-refractivity contribution < 1.29 is 9.47 Å². The zero-order valence-corrected chi connectivity index (χ0v) is 10.5. The van der Waals surface area contributed by atoms with E-state index in [0.717, 1.165) is 11.1 Å². The van der Waals surface area contributed by atoms with Gasteiger partial charge in [0.2, 0.25) is 0 Å². The molecule has 0 fully saturated rings. The third-order valence-electron chi connectivity index (χ3n) is 2.31. The van der Waals surface area contributed by atoms with Crippen LogP contribution in [0.1, 0.15) is 24.0 Å². The first-order chi connectivity index (χ1) is 8.86. The van der Waals surface area contributed by atoms with Crippen molar-refractivity contribution in [3.8, 4) is 24.7 Å². The van der Waals surface area contributed by atoms with Gasteiger partial charge in [0.15, 0.2) is 0 Å². The third kappa shape index (κ3) is 6.11. The van der Waals surface area contributed by atoms with E-state index in [1.54, 1.807) is 0 Å². The summed E-state index contributed by atoms with van der Waals surface area (Å²) in [4.78, 5) is 0. The SMILES string of the molecule is C#CCCOCc1cccc(COCCC#C)c1. The van der Waals surface area contributed by atoms with Crippen molar-refractivity contribution in [3.63, 3.8) is 0 Å². The van der Waals surface area contributed by atoms with E-state index < -0.39 is 0 Å². The average Bonchev–Trinajstić information content (AvgIpc) is 2.40. The summed E-state index contributed by atoms with van der Waals surface area (Å²) in [6.45, 7) is 2.36. The van der Waals surface area contributed by atoms with Crippen LogP contribution in [0.2, 0.25) is 0 Å². The Morgan fingerprint density at radius 3 is 1.83 bits per heavy atom. The van der Waals surface area contributed by atoms with Crippen LogP contribution in [0.15, 0.2) is 24.3 Å². The van der Waals surface area contributed by atoms with Gasteiger partial charge in [0, 0.05) is 12.8 Å². The maximum Gasteiger partial charge on any atom is 0.0717 e. The van der Waals surface area contributed by atoms with Crippen LogP contribution in [0.4, 0.5) is 0 Å². The molecule has 0 N–H and O–H groups in total. The lowest BCUT2D eigenvalue weighted by Gasteiger charge is -2.06. The van der Waals surface area contributed by atoms with E-state index in [2.05, 4.69) is 17.9 Å². The minimum Gasteiger partial charge on any atom is -0.376 e. The molecule has 0 radical (unpaired) electrons. The molecule has 1 rings (SSSR count). The standard InChI is InChI=1S/C16H18O2/c1-3-5-10-17-13-15-8-7-9-16(12-15)14-18-11-6-4-2/h1-2,7-9,12H,5-6,10-11,13-14H2. The maximum atomic E-state index is 5.45. The van der Waals surface area contributed by atoms with Crippen LogP contribution < -0.4 is 0 Å². The Hall–Kier alpha value is -1.74. The van der Waals surface area contributed by atoms with Gasteiger partial charge in [-0.25, -0.2) is 0 Å². The molecule has 2 nitrogen and oxygen atoms in total. The summed E-state index contributed by atoms with van der Waals surface area (Å²) >= 11 is 0. The van der Waals surface area contributed by atoms with Gasteiger partial charge in [-0.1, -0.05) is 24.3 Å². The maximum absolute atomic E-state index is 5.45. The largest absolute Gasteiger partial charge is 0.376 e. The monoisotopic (exact) mass is 242 g/mol. The molecular formula is C16H18O2. The van der Waals surface area contributed by atoms with Gasteiger partial charge in [0.05, 0.1) is 26.4 Å². The van der Waals surface area contributed by atoms with Crippen molar-refractivity contribution in [1.82, 2.24) is 0 Å². The molecule has 1 aromatic rings. The number of rotatable bonds is 8. The van der Waals surface area contributed by atoms with E-state index in [1.165, 1.54) is 0 Å². The van der Waals surface area contributed by atoms with Gasteiger partial charge in [-0.2, -0.15) is 0 Å². The van der Waals surface area contributed by atoms with Crippen molar-refractivity contribution in [2.45, 2.75) is 26.1 Å². The third-order valence-corrected chi connectivity index (χ3v) is 2.31. The first kappa shape index (κ1) is 14.3. The van der Waals surface area contributed by atoms with Crippen LogP contribution in [0.5, 0.6) is 0 Å². The van der Waals surface area contributed by atoms with Crippen LogP contribution in [-0.2, 0) is 22.7 Å². The molecule has 0 saturated heterocycles. The van der Waals surface area contributed by atoms with E-state index in [-0.39, 0.29) is 0 Å². The first-order valence-electron chi connectivity index (χ1n) is 5.97. The normalized spacial score (nSPS) is 9.67. The highest BCUT2D eigenvalue weighted by molar-refractivity contribution is 5.22. The van der Waals surface area contributed by atoms with Gasteiger partial charge in [-0.3, -0.25) is 0 Å². The summed E-state index contributed by atoms with van der Waals surface area (Å²) in [6.07, 6.45) is 11.6. The fourth-order valence-electron chi connectivity index (χ4n) is 1.45. The Balaban J connectivity index is 2.33.